The second-order valence-corrected chi connectivity index (χ2v) is 4.75. The molecule has 0 radical (unpaired) electrons. The number of nitrogens with one attached hydrogen (secondary N) is 1. The maximum atomic E-state index is 14.0. The summed E-state index contributed by atoms with van der Waals surface area (Å²) in [6.07, 6.45) is 0. The number of hydrogen-bond donors (Lipinski definition) is 2. The van der Waals surface area contributed by atoms with Crippen molar-refractivity contribution in [2.24, 2.45) is 5.73 Å². The van der Waals surface area contributed by atoms with Gasteiger partial charge in [0.2, 0.25) is 0 Å². The van der Waals surface area contributed by atoms with Crippen LogP contribution in [0, 0.1) is 12.3 Å². The van der Waals surface area contributed by atoms with Crippen LogP contribution in [0.5, 0.6) is 5.75 Å². The second kappa shape index (κ2) is 5.91. The average Bonchev–Trinajstić information content (AvgIpc) is 2.47. The molecule has 2 aromatic carbocycles. The predicted octanol–water partition coefficient (Wildman–Crippen LogP) is 3.45. The lowest BCUT2D eigenvalue weighted by Crippen LogP contribution is -2.23. The number of amidine groups is 1. The standard InChI is InChI=1S/C16H16F2N2O/c1-11-7-8-12(15(19)20)9-14(11)21-10-16(17,18)13-5-3-2-4-6-13/h2-9H,10H2,1H3,(H3,19,20). The number of hydrogen-bond acceptors (Lipinski definition) is 2. The molecule has 0 aliphatic carbocycles. The van der Waals surface area contributed by atoms with E-state index in [0.29, 0.717) is 16.9 Å². The van der Waals surface area contributed by atoms with Gasteiger partial charge in [0.05, 0.1) is 0 Å². The first-order valence-corrected chi connectivity index (χ1v) is 6.41. The molecule has 0 heterocycles. The van der Waals surface area contributed by atoms with Crippen LogP contribution < -0.4 is 10.5 Å². The first-order valence-electron chi connectivity index (χ1n) is 6.41. The van der Waals surface area contributed by atoms with E-state index in [-0.39, 0.29) is 11.4 Å². The predicted molar refractivity (Wildman–Crippen MR) is 78.0 cm³/mol. The third-order valence-corrected chi connectivity index (χ3v) is 3.10. The summed E-state index contributed by atoms with van der Waals surface area (Å²) < 4.78 is 33.3. The highest BCUT2D eigenvalue weighted by molar-refractivity contribution is 5.95. The lowest BCUT2D eigenvalue weighted by atomic mass is 10.1. The van der Waals surface area contributed by atoms with Crippen LogP contribution in [-0.2, 0) is 5.92 Å². The van der Waals surface area contributed by atoms with Gasteiger partial charge < -0.3 is 10.5 Å². The summed E-state index contributed by atoms with van der Waals surface area (Å²) in [5.74, 6) is -2.91. The molecule has 2 rings (SSSR count). The number of benzene rings is 2. The van der Waals surface area contributed by atoms with E-state index in [2.05, 4.69) is 0 Å². The zero-order chi connectivity index (χ0) is 15.5. The fraction of sp³-hybridized carbons (Fsp3) is 0.188. The van der Waals surface area contributed by atoms with Crippen LogP contribution in [0.25, 0.3) is 0 Å². The van der Waals surface area contributed by atoms with Gasteiger partial charge in [-0.15, -0.1) is 0 Å². The molecular weight excluding hydrogens is 274 g/mol. The SMILES string of the molecule is Cc1ccc(C(=N)N)cc1OCC(F)(F)c1ccccc1. The number of nitrogen functional groups attached to an aromatic ring is 1. The molecule has 0 amide bonds. The Hall–Kier alpha value is -2.43. The van der Waals surface area contributed by atoms with Gasteiger partial charge in [0.25, 0.3) is 0 Å². The van der Waals surface area contributed by atoms with E-state index in [1.54, 1.807) is 37.3 Å². The number of halogens is 2. The van der Waals surface area contributed by atoms with Crippen molar-refractivity contribution in [3.05, 3.63) is 65.2 Å². The van der Waals surface area contributed by atoms with Gasteiger partial charge in [-0.3, -0.25) is 5.41 Å². The molecule has 110 valence electrons. The number of ether oxygens (including phenoxy) is 1. The molecule has 0 bridgehead atoms. The first kappa shape index (κ1) is 15.0. The van der Waals surface area contributed by atoms with Gasteiger partial charge in [-0.2, -0.15) is 8.78 Å². The van der Waals surface area contributed by atoms with Crippen LogP contribution in [0.4, 0.5) is 8.78 Å². The molecule has 0 aliphatic rings. The zero-order valence-corrected chi connectivity index (χ0v) is 11.6. The van der Waals surface area contributed by atoms with E-state index in [4.69, 9.17) is 15.9 Å². The third kappa shape index (κ3) is 3.56. The van der Waals surface area contributed by atoms with Crippen LogP contribution >= 0.6 is 0 Å². The van der Waals surface area contributed by atoms with Crippen molar-refractivity contribution in [2.45, 2.75) is 12.8 Å². The van der Waals surface area contributed by atoms with E-state index in [0.717, 1.165) is 0 Å². The van der Waals surface area contributed by atoms with Gasteiger partial charge in [0.1, 0.15) is 11.6 Å². The molecular formula is C16H16F2N2O. The van der Waals surface area contributed by atoms with Crippen LogP contribution in [0.1, 0.15) is 16.7 Å². The summed E-state index contributed by atoms with van der Waals surface area (Å²) in [4.78, 5) is 0. The molecule has 21 heavy (non-hydrogen) atoms. The molecule has 5 heteroatoms. The van der Waals surface area contributed by atoms with Gasteiger partial charge in [0.15, 0.2) is 6.61 Å². The van der Waals surface area contributed by atoms with Gasteiger partial charge in [-0.25, -0.2) is 0 Å². The summed E-state index contributed by atoms with van der Waals surface area (Å²) in [7, 11) is 0. The fourth-order valence-corrected chi connectivity index (χ4v) is 1.86. The lowest BCUT2D eigenvalue weighted by Gasteiger charge is -2.18. The van der Waals surface area contributed by atoms with E-state index >= 15 is 0 Å². The molecule has 0 spiro atoms. The van der Waals surface area contributed by atoms with Gasteiger partial charge >= 0.3 is 5.92 Å². The molecule has 2 aromatic rings. The molecule has 0 saturated carbocycles. The number of nitrogens with two attached hydrogens (primary N) is 1. The number of alkyl halides is 2. The molecule has 0 aliphatic heterocycles. The van der Waals surface area contributed by atoms with Crippen LogP contribution in [0.2, 0.25) is 0 Å². The average molecular weight is 290 g/mol. The van der Waals surface area contributed by atoms with Gasteiger partial charge in [0, 0.05) is 11.1 Å². The van der Waals surface area contributed by atoms with Crippen molar-refractivity contribution in [3.8, 4) is 5.75 Å². The smallest absolute Gasteiger partial charge is 0.306 e. The lowest BCUT2D eigenvalue weighted by molar-refractivity contribution is -0.0468. The van der Waals surface area contributed by atoms with E-state index in [1.165, 1.54) is 18.2 Å². The van der Waals surface area contributed by atoms with Crippen molar-refractivity contribution >= 4 is 5.84 Å². The van der Waals surface area contributed by atoms with Crippen molar-refractivity contribution in [2.75, 3.05) is 6.61 Å². The number of aryl methyl sites for hydroxylation is 1. The summed E-state index contributed by atoms with van der Waals surface area (Å²) in [6, 6.07) is 12.4. The van der Waals surface area contributed by atoms with Crippen molar-refractivity contribution < 1.29 is 13.5 Å². The first-order chi connectivity index (χ1) is 9.90. The van der Waals surface area contributed by atoms with Crippen molar-refractivity contribution in [1.82, 2.24) is 0 Å². The summed E-state index contributed by atoms with van der Waals surface area (Å²) in [5.41, 5.74) is 6.45. The van der Waals surface area contributed by atoms with Crippen molar-refractivity contribution in [3.63, 3.8) is 0 Å². The summed E-state index contributed by atoms with van der Waals surface area (Å²) in [5, 5.41) is 7.37. The number of rotatable bonds is 5. The van der Waals surface area contributed by atoms with Gasteiger partial charge in [-0.1, -0.05) is 42.5 Å². The Kier molecular flexibility index (Phi) is 4.21. The normalized spacial score (nSPS) is 11.2. The van der Waals surface area contributed by atoms with Crippen LogP contribution in [-0.4, -0.2) is 12.4 Å². The van der Waals surface area contributed by atoms with E-state index in [1.807, 2.05) is 0 Å². The van der Waals surface area contributed by atoms with Gasteiger partial charge in [-0.05, 0) is 18.6 Å². The monoisotopic (exact) mass is 290 g/mol. The Morgan fingerprint density at radius 2 is 1.86 bits per heavy atom. The van der Waals surface area contributed by atoms with E-state index in [9.17, 15) is 8.78 Å². The van der Waals surface area contributed by atoms with Crippen LogP contribution in [0.15, 0.2) is 48.5 Å². The molecule has 0 saturated heterocycles. The molecule has 0 atom stereocenters. The maximum absolute atomic E-state index is 14.0. The topological polar surface area (TPSA) is 59.1 Å². The third-order valence-electron chi connectivity index (χ3n) is 3.10. The molecule has 3 nitrogen and oxygen atoms in total. The Balaban J connectivity index is 2.16. The summed E-state index contributed by atoms with van der Waals surface area (Å²) >= 11 is 0. The molecule has 3 N–H and O–H groups in total. The Labute approximate surface area is 121 Å². The molecule has 0 fully saturated rings. The quantitative estimate of drug-likeness (QED) is 0.654. The minimum absolute atomic E-state index is 0.0922. The Bertz CT molecular complexity index is 642. The Morgan fingerprint density at radius 1 is 1.19 bits per heavy atom. The molecule has 0 unspecified atom stereocenters. The highest BCUT2D eigenvalue weighted by Crippen LogP contribution is 2.29. The maximum Gasteiger partial charge on any atom is 0.306 e. The molecule has 0 aromatic heterocycles. The fourth-order valence-electron chi connectivity index (χ4n) is 1.86. The van der Waals surface area contributed by atoms with E-state index < -0.39 is 12.5 Å². The van der Waals surface area contributed by atoms with Crippen LogP contribution in [0.3, 0.4) is 0 Å². The second-order valence-electron chi connectivity index (χ2n) is 4.75. The highest BCUT2D eigenvalue weighted by Gasteiger charge is 2.32. The zero-order valence-electron chi connectivity index (χ0n) is 11.6. The highest BCUT2D eigenvalue weighted by atomic mass is 19.3. The largest absolute Gasteiger partial charge is 0.487 e. The minimum atomic E-state index is -3.08. The Morgan fingerprint density at radius 3 is 2.48 bits per heavy atom. The minimum Gasteiger partial charge on any atom is -0.487 e. The summed E-state index contributed by atoms with van der Waals surface area (Å²) in [6.45, 7) is 0.985. The van der Waals surface area contributed by atoms with Crippen molar-refractivity contribution in [1.29, 1.82) is 5.41 Å².